The largest absolute Gasteiger partial charge is 0.481 e. The lowest BCUT2D eigenvalue weighted by atomic mass is 9.96. The first kappa shape index (κ1) is 12.7. The van der Waals surface area contributed by atoms with Crippen molar-refractivity contribution in [2.75, 3.05) is 0 Å². The summed E-state index contributed by atoms with van der Waals surface area (Å²) in [6.07, 6.45) is -0.456. The monoisotopic (exact) mass is 222 g/mol. The quantitative estimate of drug-likeness (QED) is 0.822. The first-order chi connectivity index (χ1) is 7.40. The summed E-state index contributed by atoms with van der Waals surface area (Å²) in [5.74, 6) is -1.40. The van der Waals surface area contributed by atoms with E-state index in [4.69, 9.17) is 5.11 Å². The van der Waals surface area contributed by atoms with E-state index < -0.39 is 18.0 Å². The number of carboxylic acids is 1. The van der Waals surface area contributed by atoms with Gasteiger partial charge in [-0.3, -0.25) is 4.79 Å². The van der Waals surface area contributed by atoms with Crippen molar-refractivity contribution >= 4 is 5.97 Å². The predicted molar refractivity (Wildman–Crippen MR) is 62.3 cm³/mol. The zero-order chi connectivity index (χ0) is 12.3. The van der Waals surface area contributed by atoms with Crippen molar-refractivity contribution in [2.24, 2.45) is 5.92 Å². The van der Waals surface area contributed by atoms with Gasteiger partial charge < -0.3 is 10.2 Å². The lowest BCUT2D eigenvalue weighted by Gasteiger charge is -2.15. The molecule has 0 aliphatic rings. The molecule has 0 bridgehead atoms. The second kappa shape index (κ2) is 5.12. The Bertz CT molecular complexity index is 365. The van der Waals surface area contributed by atoms with Gasteiger partial charge in [-0.05, 0) is 25.8 Å². The van der Waals surface area contributed by atoms with Crippen molar-refractivity contribution in [3.63, 3.8) is 0 Å². The van der Waals surface area contributed by atoms with Crippen LogP contribution < -0.4 is 0 Å². The molecule has 0 saturated heterocycles. The maximum Gasteiger partial charge on any atom is 0.306 e. The maximum atomic E-state index is 10.7. The molecular formula is C13H18O3. The summed E-state index contributed by atoms with van der Waals surface area (Å²) < 4.78 is 0. The van der Waals surface area contributed by atoms with E-state index in [1.165, 1.54) is 0 Å². The summed E-state index contributed by atoms with van der Waals surface area (Å²) in [4.78, 5) is 10.7. The third-order valence-corrected chi connectivity index (χ3v) is 2.63. The highest BCUT2D eigenvalue weighted by molar-refractivity contribution is 5.69. The van der Waals surface area contributed by atoms with Crippen LogP contribution in [0.2, 0.25) is 0 Å². The highest BCUT2D eigenvalue weighted by Crippen LogP contribution is 2.23. The number of carboxylic acid groups (broad SMARTS) is 1. The fraction of sp³-hybridized carbons (Fsp3) is 0.462. The summed E-state index contributed by atoms with van der Waals surface area (Å²) in [5, 5.41) is 18.7. The predicted octanol–water partition coefficient (Wildman–Crippen LogP) is 2.45. The summed E-state index contributed by atoms with van der Waals surface area (Å²) in [5.41, 5.74) is 2.96. The molecule has 0 aromatic heterocycles. The average Bonchev–Trinajstić information content (AvgIpc) is 2.15. The number of hydrogen-bond acceptors (Lipinski definition) is 2. The van der Waals surface area contributed by atoms with Crippen LogP contribution in [0.1, 0.15) is 36.1 Å². The minimum Gasteiger partial charge on any atom is -0.481 e. The highest BCUT2D eigenvalue weighted by Gasteiger charge is 2.17. The van der Waals surface area contributed by atoms with E-state index in [1.54, 1.807) is 6.92 Å². The van der Waals surface area contributed by atoms with Crippen LogP contribution in [0.15, 0.2) is 18.2 Å². The van der Waals surface area contributed by atoms with E-state index in [2.05, 4.69) is 0 Å². The normalized spacial score (nSPS) is 14.5. The third kappa shape index (κ3) is 3.35. The van der Waals surface area contributed by atoms with Crippen molar-refractivity contribution in [1.29, 1.82) is 0 Å². The summed E-state index contributed by atoms with van der Waals surface area (Å²) >= 11 is 0. The topological polar surface area (TPSA) is 57.5 Å². The molecule has 0 amide bonds. The van der Waals surface area contributed by atoms with Crippen molar-refractivity contribution in [3.8, 4) is 0 Å². The molecule has 0 heterocycles. The fourth-order valence-corrected chi connectivity index (χ4v) is 1.77. The van der Waals surface area contributed by atoms with E-state index in [1.807, 2.05) is 32.0 Å². The van der Waals surface area contributed by atoms with Gasteiger partial charge in [0, 0.05) is 0 Å². The number of aliphatic carboxylic acids is 1. The molecule has 0 spiro atoms. The van der Waals surface area contributed by atoms with Crippen molar-refractivity contribution in [2.45, 2.75) is 33.3 Å². The number of aryl methyl sites for hydroxylation is 2. The van der Waals surface area contributed by atoms with Gasteiger partial charge in [-0.2, -0.15) is 0 Å². The molecule has 16 heavy (non-hydrogen) atoms. The summed E-state index contributed by atoms with van der Waals surface area (Å²) in [6, 6.07) is 5.81. The fourth-order valence-electron chi connectivity index (χ4n) is 1.77. The minimum atomic E-state index is -0.872. The van der Waals surface area contributed by atoms with Crippen LogP contribution in [0.5, 0.6) is 0 Å². The Morgan fingerprint density at radius 1 is 1.25 bits per heavy atom. The highest BCUT2D eigenvalue weighted by atomic mass is 16.4. The summed E-state index contributed by atoms with van der Waals surface area (Å²) in [7, 11) is 0. The number of benzene rings is 1. The van der Waals surface area contributed by atoms with Gasteiger partial charge >= 0.3 is 5.97 Å². The number of aliphatic hydroxyl groups excluding tert-OH is 1. The molecule has 0 fully saturated rings. The molecule has 2 atom stereocenters. The second-order valence-electron chi connectivity index (χ2n) is 4.41. The SMILES string of the molecule is Cc1cc(C)cc(C(O)CC(C)C(=O)O)c1. The molecule has 1 rings (SSSR count). The molecule has 88 valence electrons. The Kier molecular flexibility index (Phi) is 4.07. The van der Waals surface area contributed by atoms with Gasteiger partial charge in [0.1, 0.15) is 0 Å². The van der Waals surface area contributed by atoms with Gasteiger partial charge in [0.05, 0.1) is 12.0 Å². The number of hydrogen-bond donors (Lipinski definition) is 2. The van der Waals surface area contributed by atoms with E-state index in [-0.39, 0.29) is 6.42 Å². The van der Waals surface area contributed by atoms with Crippen LogP contribution in [0.25, 0.3) is 0 Å². The lowest BCUT2D eigenvalue weighted by molar-refractivity contribution is -0.142. The van der Waals surface area contributed by atoms with Crippen LogP contribution in [0.4, 0.5) is 0 Å². The van der Waals surface area contributed by atoms with Gasteiger partial charge in [-0.1, -0.05) is 36.2 Å². The first-order valence-electron chi connectivity index (χ1n) is 5.39. The molecule has 1 aromatic carbocycles. The Morgan fingerprint density at radius 3 is 2.19 bits per heavy atom. The Hall–Kier alpha value is -1.35. The zero-order valence-electron chi connectivity index (χ0n) is 9.90. The Labute approximate surface area is 95.7 Å². The van der Waals surface area contributed by atoms with E-state index >= 15 is 0 Å². The van der Waals surface area contributed by atoms with Gasteiger partial charge in [0.25, 0.3) is 0 Å². The third-order valence-electron chi connectivity index (χ3n) is 2.63. The Morgan fingerprint density at radius 2 is 1.75 bits per heavy atom. The van der Waals surface area contributed by atoms with Crippen molar-refractivity contribution in [1.82, 2.24) is 0 Å². The van der Waals surface area contributed by atoms with Crippen LogP contribution in [0.3, 0.4) is 0 Å². The number of aliphatic hydroxyl groups is 1. The van der Waals surface area contributed by atoms with Gasteiger partial charge in [-0.15, -0.1) is 0 Å². The van der Waals surface area contributed by atoms with Crippen LogP contribution in [-0.2, 0) is 4.79 Å². The molecule has 1 aromatic rings. The maximum absolute atomic E-state index is 10.7. The molecule has 3 heteroatoms. The van der Waals surface area contributed by atoms with E-state index in [0.29, 0.717) is 0 Å². The molecule has 0 saturated carbocycles. The smallest absolute Gasteiger partial charge is 0.306 e. The van der Waals surface area contributed by atoms with Gasteiger partial charge in [0.2, 0.25) is 0 Å². The molecule has 2 N–H and O–H groups in total. The minimum absolute atomic E-state index is 0.248. The molecule has 2 unspecified atom stereocenters. The molecular weight excluding hydrogens is 204 g/mol. The molecule has 0 aliphatic carbocycles. The lowest BCUT2D eigenvalue weighted by Crippen LogP contribution is -2.13. The van der Waals surface area contributed by atoms with E-state index in [0.717, 1.165) is 16.7 Å². The zero-order valence-corrected chi connectivity index (χ0v) is 9.90. The van der Waals surface area contributed by atoms with E-state index in [9.17, 15) is 9.90 Å². The number of carbonyl (C=O) groups is 1. The van der Waals surface area contributed by atoms with Gasteiger partial charge in [0.15, 0.2) is 0 Å². The van der Waals surface area contributed by atoms with Crippen molar-refractivity contribution in [3.05, 3.63) is 34.9 Å². The summed E-state index contributed by atoms with van der Waals surface area (Å²) in [6.45, 7) is 5.53. The van der Waals surface area contributed by atoms with Crippen LogP contribution >= 0.6 is 0 Å². The number of rotatable bonds is 4. The molecule has 3 nitrogen and oxygen atoms in total. The van der Waals surface area contributed by atoms with Crippen LogP contribution in [0, 0.1) is 19.8 Å². The van der Waals surface area contributed by atoms with Crippen LogP contribution in [-0.4, -0.2) is 16.2 Å². The average molecular weight is 222 g/mol. The Balaban J connectivity index is 2.80. The molecule has 0 radical (unpaired) electrons. The second-order valence-corrected chi connectivity index (χ2v) is 4.41. The molecule has 0 aliphatic heterocycles. The standard InChI is InChI=1S/C13H18O3/c1-8-4-9(2)6-11(5-8)12(14)7-10(3)13(15)16/h4-6,10,12,14H,7H2,1-3H3,(H,15,16). The van der Waals surface area contributed by atoms with Crippen molar-refractivity contribution < 1.29 is 15.0 Å². The van der Waals surface area contributed by atoms with Gasteiger partial charge in [-0.25, -0.2) is 0 Å². The first-order valence-corrected chi connectivity index (χ1v) is 5.39.